The van der Waals surface area contributed by atoms with Crippen LogP contribution in [-0.4, -0.2) is 63.9 Å². The fourth-order valence-electron chi connectivity index (χ4n) is 2.75. The lowest BCUT2D eigenvalue weighted by atomic mass is 10.0. The molecule has 0 aliphatic rings. The van der Waals surface area contributed by atoms with Gasteiger partial charge in [-0.2, -0.15) is 18.3 Å². The Kier molecular flexibility index (Phi) is 11.8. The van der Waals surface area contributed by atoms with E-state index in [-0.39, 0.29) is 5.56 Å². The summed E-state index contributed by atoms with van der Waals surface area (Å²) in [6.45, 7) is 12.5. The number of hydrogen-bond donors (Lipinski definition) is 2. The van der Waals surface area contributed by atoms with E-state index in [2.05, 4.69) is 45.7 Å². The number of hydrogen-bond acceptors (Lipinski definition) is 4. The van der Waals surface area contributed by atoms with E-state index in [9.17, 15) is 13.2 Å². The van der Waals surface area contributed by atoms with Crippen molar-refractivity contribution in [3.63, 3.8) is 0 Å². The molecule has 0 unspecified atom stereocenters. The van der Waals surface area contributed by atoms with Crippen LogP contribution in [0.2, 0.25) is 0 Å². The van der Waals surface area contributed by atoms with Gasteiger partial charge in [0.05, 0.1) is 12.1 Å². The molecular formula is C21H31F3N6S2. The van der Waals surface area contributed by atoms with Gasteiger partial charge in [-0.15, -0.1) is 40.6 Å². The van der Waals surface area contributed by atoms with E-state index in [1.165, 1.54) is 12.1 Å². The standard InChI is InChI=1S/C21H31F3N6S2/c1-6-29(7-2)19(31)27-25-15(5)18(26-28-20(32)30(8-3)9-4)17-12-10-16(11-13-17)14-21(22,23)24/h10-13H,6-9,14H2,1-5H3,(H,27,31)(H,28,32)/b25-15+,26-18-. The first-order valence-corrected chi connectivity index (χ1v) is 11.3. The van der Waals surface area contributed by atoms with Crippen LogP contribution in [0.15, 0.2) is 44.7 Å². The first-order chi connectivity index (χ1) is 15.1. The van der Waals surface area contributed by atoms with Gasteiger partial charge in [0, 0.05) is 31.7 Å². The second kappa shape index (κ2) is 13.5. The van der Waals surface area contributed by atoms with E-state index in [0.717, 1.165) is 13.1 Å². The van der Waals surface area contributed by atoms with Gasteiger partial charge in [0.25, 0.3) is 0 Å². The predicted molar refractivity (Wildman–Crippen MR) is 135 cm³/mol. The zero-order valence-electron chi connectivity index (χ0n) is 19.1. The number of alkyl halides is 3. The molecular weight excluding hydrogens is 457 g/mol. The summed E-state index contributed by atoms with van der Waals surface area (Å²) >= 11 is 8.78. The molecule has 0 saturated carbocycles. The molecule has 1 rings (SSSR count). The minimum Gasteiger partial charge on any atom is -0.351 e. The van der Waals surface area contributed by atoms with E-state index < -0.39 is 12.6 Å². The third kappa shape index (κ3) is 9.23. The zero-order valence-corrected chi connectivity index (χ0v) is 20.8. The lowest BCUT2D eigenvalue weighted by Gasteiger charge is -2.18. The third-order valence-electron chi connectivity index (χ3n) is 4.60. The van der Waals surface area contributed by atoms with E-state index in [1.807, 2.05) is 37.5 Å². The van der Waals surface area contributed by atoms with Crippen molar-refractivity contribution in [1.29, 1.82) is 0 Å². The molecule has 0 spiro atoms. The summed E-state index contributed by atoms with van der Waals surface area (Å²) in [5.41, 5.74) is 1.55. The highest BCUT2D eigenvalue weighted by Gasteiger charge is 2.27. The van der Waals surface area contributed by atoms with Crippen LogP contribution in [0.5, 0.6) is 0 Å². The Hall–Kier alpha value is -2.01. The quantitative estimate of drug-likeness (QED) is 0.219. The number of rotatable bonds is 9. The third-order valence-corrected chi connectivity index (χ3v) is 5.34. The lowest BCUT2D eigenvalue weighted by molar-refractivity contribution is -0.127. The fourth-order valence-corrected chi connectivity index (χ4v) is 3.41. The summed E-state index contributed by atoms with van der Waals surface area (Å²) in [6.07, 6.45) is -5.27. The van der Waals surface area contributed by atoms with Crippen molar-refractivity contribution in [2.24, 2.45) is 20.4 Å². The Labute approximate surface area is 199 Å². The van der Waals surface area contributed by atoms with E-state index in [0.29, 0.717) is 40.4 Å². The van der Waals surface area contributed by atoms with E-state index in [4.69, 9.17) is 0 Å². The molecule has 0 aliphatic heterocycles. The molecule has 0 heterocycles. The van der Waals surface area contributed by atoms with E-state index >= 15 is 0 Å². The first kappa shape index (κ1) is 28.0. The summed E-state index contributed by atoms with van der Waals surface area (Å²) in [5, 5.41) is 17.8. The van der Waals surface area contributed by atoms with Crippen molar-refractivity contribution < 1.29 is 13.2 Å². The molecule has 0 aromatic heterocycles. The highest BCUT2D eigenvalue weighted by molar-refractivity contribution is 7.97. The average molecular weight is 489 g/mol. The van der Waals surface area contributed by atoms with Crippen molar-refractivity contribution in [1.82, 2.24) is 9.80 Å². The molecule has 0 fully saturated rings. The monoisotopic (exact) mass is 488 g/mol. The maximum Gasteiger partial charge on any atom is 0.393 e. The van der Waals surface area contributed by atoms with Crippen LogP contribution < -0.4 is 0 Å². The normalized spacial score (nSPS) is 14.1. The fraction of sp³-hybridized carbons (Fsp3) is 0.524. The molecule has 0 radical (unpaired) electrons. The largest absolute Gasteiger partial charge is 0.393 e. The number of halogens is 3. The zero-order chi connectivity index (χ0) is 24.3. The molecule has 0 bridgehead atoms. The van der Waals surface area contributed by atoms with Crippen LogP contribution in [0.3, 0.4) is 0 Å². The Balaban J connectivity index is 3.38. The first-order valence-electron chi connectivity index (χ1n) is 10.4. The van der Waals surface area contributed by atoms with Gasteiger partial charge in [-0.25, -0.2) is 0 Å². The van der Waals surface area contributed by atoms with Gasteiger partial charge in [-0.1, -0.05) is 24.3 Å². The molecule has 0 N–H and O–H groups in total. The van der Waals surface area contributed by atoms with Gasteiger partial charge in [0.2, 0.25) is 0 Å². The maximum absolute atomic E-state index is 12.7. The number of thiol groups is 2. The topological polar surface area (TPSA) is 55.9 Å². The minimum absolute atomic E-state index is 0.161. The molecule has 1 aromatic rings. The summed E-state index contributed by atoms with van der Waals surface area (Å²) in [5.74, 6) is 0. The molecule has 6 nitrogen and oxygen atoms in total. The molecule has 0 saturated heterocycles. The van der Waals surface area contributed by atoms with Crippen molar-refractivity contribution in [3.8, 4) is 0 Å². The van der Waals surface area contributed by atoms with Crippen LogP contribution in [0, 0.1) is 0 Å². The second-order valence-electron chi connectivity index (χ2n) is 6.77. The van der Waals surface area contributed by atoms with Crippen molar-refractivity contribution in [2.45, 2.75) is 47.2 Å². The molecule has 0 amide bonds. The van der Waals surface area contributed by atoms with Gasteiger partial charge in [0.1, 0.15) is 5.71 Å². The van der Waals surface area contributed by atoms with Crippen molar-refractivity contribution >= 4 is 47.0 Å². The van der Waals surface area contributed by atoms with Crippen LogP contribution >= 0.6 is 25.3 Å². The molecule has 178 valence electrons. The second-order valence-corrected chi connectivity index (χ2v) is 7.57. The molecule has 11 heteroatoms. The van der Waals surface area contributed by atoms with Crippen LogP contribution in [0.1, 0.15) is 45.7 Å². The summed E-state index contributed by atoms with van der Waals surface area (Å²) in [7, 11) is 0. The van der Waals surface area contributed by atoms with Gasteiger partial charge >= 0.3 is 6.18 Å². The summed E-state index contributed by atoms with van der Waals surface area (Å²) in [4.78, 5) is 3.83. The highest BCUT2D eigenvalue weighted by atomic mass is 32.1. The van der Waals surface area contributed by atoms with Gasteiger partial charge in [-0.3, -0.25) is 0 Å². The predicted octanol–water partition coefficient (Wildman–Crippen LogP) is 5.13. The molecule has 32 heavy (non-hydrogen) atoms. The van der Waals surface area contributed by atoms with Crippen molar-refractivity contribution in [2.75, 3.05) is 26.2 Å². The van der Waals surface area contributed by atoms with Crippen molar-refractivity contribution in [3.05, 3.63) is 35.4 Å². The number of amidine groups is 2. The minimum atomic E-state index is -4.27. The average Bonchev–Trinajstić information content (AvgIpc) is 2.74. The van der Waals surface area contributed by atoms with Gasteiger partial charge in [0.15, 0.2) is 10.3 Å². The van der Waals surface area contributed by atoms with Crippen LogP contribution in [0.4, 0.5) is 13.2 Å². The summed E-state index contributed by atoms with van der Waals surface area (Å²) in [6, 6.07) is 5.98. The Morgan fingerprint density at radius 2 is 1.22 bits per heavy atom. The maximum atomic E-state index is 12.7. The van der Waals surface area contributed by atoms with Gasteiger partial charge in [-0.05, 0) is 40.2 Å². The summed E-state index contributed by atoms with van der Waals surface area (Å²) < 4.78 is 38.0. The van der Waals surface area contributed by atoms with Crippen LogP contribution in [-0.2, 0) is 6.42 Å². The van der Waals surface area contributed by atoms with Gasteiger partial charge < -0.3 is 9.80 Å². The highest BCUT2D eigenvalue weighted by Crippen LogP contribution is 2.21. The Morgan fingerprint density at radius 1 is 0.781 bits per heavy atom. The Morgan fingerprint density at radius 3 is 1.62 bits per heavy atom. The lowest BCUT2D eigenvalue weighted by Crippen LogP contribution is -2.27. The number of benzene rings is 1. The molecule has 1 aromatic carbocycles. The molecule has 0 atom stereocenters. The SMILES string of the molecule is CCN(CC)/C(S)=N/N=C(C)/C(=N/N=C(\S)N(CC)CC)c1ccc(CC(F)(F)F)cc1. The number of nitrogens with zero attached hydrogens (tertiary/aromatic N) is 6. The smallest absolute Gasteiger partial charge is 0.351 e. The molecule has 0 aliphatic carbocycles. The Bertz CT molecular complexity index is 840. The van der Waals surface area contributed by atoms with E-state index in [1.54, 1.807) is 19.1 Å². The van der Waals surface area contributed by atoms with Crippen LogP contribution in [0.25, 0.3) is 0 Å².